The molecule has 0 aromatic heterocycles. The fraction of sp³-hybridized carbons (Fsp3) is 0.650. The normalized spacial score (nSPS) is 26.8. The highest BCUT2D eigenvalue weighted by atomic mass is 16.5. The number of carbonyl (C=O) groups is 1. The number of benzene rings is 1. The number of nitrogens with one attached hydrogen (secondary N) is 1. The maximum atomic E-state index is 12.6. The Bertz CT molecular complexity index is 549. The van der Waals surface area contributed by atoms with Crippen molar-refractivity contribution >= 4 is 5.91 Å². The van der Waals surface area contributed by atoms with Gasteiger partial charge in [-0.1, -0.05) is 49.1 Å². The summed E-state index contributed by atoms with van der Waals surface area (Å²) in [5.74, 6) is 0.341. The number of rotatable bonds is 4. The number of carbonyl (C=O) groups excluding carboxylic acids is 1. The van der Waals surface area contributed by atoms with E-state index in [1.54, 1.807) is 0 Å². The maximum absolute atomic E-state index is 12.6. The molecule has 2 aliphatic rings. The lowest BCUT2D eigenvalue weighted by atomic mass is 9.81. The minimum absolute atomic E-state index is 0.0235. The van der Waals surface area contributed by atoms with E-state index in [0.29, 0.717) is 12.5 Å². The van der Waals surface area contributed by atoms with Crippen molar-refractivity contribution in [2.24, 2.45) is 11.7 Å². The summed E-state index contributed by atoms with van der Waals surface area (Å²) >= 11 is 0. The van der Waals surface area contributed by atoms with Crippen LogP contribution in [0.2, 0.25) is 0 Å². The predicted octanol–water partition coefficient (Wildman–Crippen LogP) is 3.24. The lowest BCUT2D eigenvalue weighted by Crippen LogP contribution is -2.56. The van der Waals surface area contributed by atoms with Gasteiger partial charge in [-0.05, 0) is 38.2 Å². The van der Waals surface area contributed by atoms with Gasteiger partial charge in [-0.2, -0.15) is 0 Å². The standard InChI is InChI=1S/C20H30N2O2/c1-15-7-9-16(10-8-15)18-17(6-5-13-24-18)14-22-19(23)20(21)11-3-2-4-12-20/h7-10,17-18H,2-6,11-14,21H2,1H3,(H,22,23). The van der Waals surface area contributed by atoms with E-state index in [4.69, 9.17) is 10.5 Å². The Morgan fingerprint density at radius 3 is 2.62 bits per heavy atom. The zero-order valence-corrected chi connectivity index (χ0v) is 14.7. The summed E-state index contributed by atoms with van der Waals surface area (Å²) in [5.41, 5.74) is 8.14. The SMILES string of the molecule is Cc1ccc(C2OCCCC2CNC(=O)C2(N)CCCCC2)cc1. The highest BCUT2D eigenvalue weighted by Crippen LogP contribution is 2.33. The number of hydrogen-bond donors (Lipinski definition) is 2. The first-order valence-electron chi connectivity index (χ1n) is 9.34. The summed E-state index contributed by atoms with van der Waals surface area (Å²) in [4.78, 5) is 12.6. The van der Waals surface area contributed by atoms with Gasteiger partial charge in [-0.3, -0.25) is 4.79 Å². The minimum atomic E-state index is -0.660. The Morgan fingerprint density at radius 1 is 1.21 bits per heavy atom. The van der Waals surface area contributed by atoms with E-state index < -0.39 is 5.54 Å². The number of aryl methyl sites for hydroxylation is 1. The van der Waals surface area contributed by atoms with Crippen molar-refractivity contribution in [3.63, 3.8) is 0 Å². The number of amides is 1. The van der Waals surface area contributed by atoms with Crippen molar-refractivity contribution in [3.05, 3.63) is 35.4 Å². The van der Waals surface area contributed by atoms with Gasteiger partial charge < -0.3 is 15.8 Å². The van der Waals surface area contributed by atoms with Crippen LogP contribution in [0.1, 0.15) is 62.2 Å². The number of ether oxygens (including phenoxy) is 1. The van der Waals surface area contributed by atoms with Gasteiger partial charge >= 0.3 is 0 Å². The van der Waals surface area contributed by atoms with Crippen LogP contribution in [-0.4, -0.2) is 24.6 Å². The summed E-state index contributed by atoms with van der Waals surface area (Å²) < 4.78 is 6.04. The third-order valence-electron chi connectivity index (χ3n) is 5.57. The molecule has 2 atom stereocenters. The lowest BCUT2D eigenvalue weighted by Gasteiger charge is -2.35. The second-order valence-corrected chi connectivity index (χ2v) is 7.53. The van der Waals surface area contributed by atoms with Gasteiger partial charge in [-0.15, -0.1) is 0 Å². The molecule has 4 heteroatoms. The molecule has 1 aliphatic heterocycles. The third kappa shape index (κ3) is 3.98. The quantitative estimate of drug-likeness (QED) is 0.891. The molecule has 3 rings (SSSR count). The van der Waals surface area contributed by atoms with Gasteiger partial charge in [0.2, 0.25) is 5.91 Å². The van der Waals surface area contributed by atoms with Crippen LogP contribution >= 0.6 is 0 Å². The van der Waals surface area contributed by atoms with E-state index in [2.05, 4.69) is 36.5 Å². The molecule has 1 amide bonds. The van der Waals surface area contributed by atoms with Crippen molar-refractivity contribution in [1.29, 1.82) is 0 Å². The van der Waals surface area contributed by atoms with Crippen molar-refractivity contribution in [2.45, 2.75) is 63.5 Å². The molecular formula is C20H30N2O2. The largest absolute Gasteiger partial charge is 0.373 e. The molecule has 2 unspecified atom stereocenters. The molecule has 1 aromatic rings. The summed E-state index contributed by atoms with van der Waals surface area (Å²) in [7, 11) is 0. The summed E-state index contributed by atoms with van der Waals surface area (Å²) in [6.45, 7) is 3.54. The lowest BCUT2D eigenvalue weighted by molar-refractivity contribution is -0.128. The van der Waals surface area contributed by atoms with Gasteiger partial charge in [0.05, 0.1) is 11.6 Å². The van der Waals surface area contributed by atoms with Crippen LogP contribution in [0.4, 0.5) is 0 Å². The molecule has 1 saturated heterocycles. The van der Waals surface area contributed by atoms with Crippen molar-refractivity contribution in [2.75, 3.05) is 13.2 Å². The second kappa shape index (κ2) is 7.66. The first kappa shape index (κ1) is 17.4. The third-order valence-corrected chi connectivity index (χ3v) is 5.57. The highest BCUT2D eigenvalue weighted by molar-refractivity contribution is 5.86. The van der Waals surface area contributed by atoms with Crippen LogP contribution < -0.4 is 11.1 Å². The van der Waals surface area contributed by atoms with E-state index in [9.17, 15) is 4.79 Å². The van der Waals surface area contributed by atoms with Gasteiger partial charge in [0.15, 0.2) is 0 Å². The van der Waals surface area contributed by atoms with E-state index in [1.165, 1.54) is 17.5 Å². The van der Waals surface area contributed by atoms with E-state index in [-0.39, 0.29) is 12.0 Å². The molecule has 1 aliphatic carbocycles. The van der Waals surface area contributed by atoms with Gasteiger partial charge in [0, 0.05) is 19.1 Å². The first-order valence-corrected chi connectivity index (χ1v) is 9.34. The molecule has 1 heterocycles. The molecule has 0 spiro atoms. The summed E-state index contributed by atoms with van der Waals surface area (Å²) in [5, 5.41) is 3.13. The van der Waals surface area contributed by atoms with Crippen LogP contribution in [0.25, 0.3) is 0 Å². The second-order valence-electron chi connectivity index (χ2n) is 7.53. The van der Waals surface area contributed by atoms with Crippen molar-refractivity contribution in [3.8, 4) is 0 Å². The fourth-order valence-corrected chi connectivity index (χ4v) is 3.99. The Balaban J connectivity index is 1.61. The van der Waals surface area contributed by atoms with E-state index in [1.807, 2.05) is 0 Å². The molecule has 2 fully saturated rings. The Morgan fingerprint density at radius 2 is 1.92 bits per heavy atom. The Hall–Kier alpha value is -1.39. The van der Waals surface area contributed by atoms with Crippen LogP contribution in [0.15, 0.2) is 24.3 Å². The molecular weight excluding hydrogens is 300 g/mol. The predicted molar refractivity (Wildman–Crippen MR) is 95.6 cm³/mol. The van der Waals surface area contributed by atoms with Crippen LogP contribution in [0, 0.1) is 12.8 Å². The van der Waals surface area contributed by atoms with Crippen LogP contribution in [-0.2, 0) is 9.53 Å². The highest BCUT2D eigenvalue weighted by Gasteiger charge is 2.36. The van der Waals surface area contributed by atoms with Gasteiger partial charge in [0.1, 0.15) is 0 Å². The topological polar surface area (TPSA) is 64.3 Å². The average molecular weight is 330 g/mol. The number of nitrogens with two attached hydrogens (primary N) is 1. The molecule has 3 N–H and O–H groups in total. The van der Waals surface area contributed by atoms with Crippen molar-refractivity contribution in [1.82, 2.24) is 5.32 Å². The van der Waals surface area contributed by atoms with Gasteiger partial charge in [-0.25, -0.2) is 0 Å². The zero-order chi connectivity index (χ0) is 17.0. The zero-order valence-electron chi connectivity index (χ0n) is 14.7. The summed E-state index contributed by atoms with van der Waals surface area (Å²) in [6, 6.07) is 8.54. The first-order chi connectivity index (χ1) is 11.6. The minimum Gasteiger partial charge on any atom is -0.373 e. The molecule has 0 radical (unpaired) electrons. The monoisotopic (exact) mass is 330 g/mol. The smallest absolute Gasteiger partial charge is 0.240 e. The summed E-state index contributed by atoms with van der Waals surface area (Å²) in [6.07, 6.45) is 7.12. The van der Waals surface area contributed by atoms with Gasteiger partial charge in [0.25, 0.3) is 0 Å². The Labute approximate surface area is 145 Å². The molecule has 0 bridgehead atoms. The number of hydrogen-bond acceptors (Lipinski definition) is 3. The van der Waals surface area contributed by atoms with Crippen LogP contribution in [0.5, 0.6) is 0 Å². The Kier molecular flexibility index (Phi) is 5.57. The van der Waals surface area contributed by atoms with E-state index >= 15 is 0 Å². The van der Waals surface area contributed by atoms with Crippen LogP contribution in [0.3, 0.4) is 0 Å². The van der Waals surface area contributed by atoms with E-state index in [0.717, 1.165) is 45.1 Å². The molecule has 1 aromatic carbocycles. The molecule has 132 valence electrons. The fourth-order valence-electron chi connectivity index (χ4n) is 3.99. The molecule has 24 heavy (non-hydrogen) atoms. The van der Waals surface area contributed by atoms with Crippen molar-refractivity contribution < 1.29 is 9.53 Å². The average Bonchev–Trinajstić information content (AvgIpc) is 2.61. The molecule has 1 saturated carbocycles. The molecule has 4 nitrogen and oxygen atoms in total. The maximum Gasteiger partial charge on any atom is 0.240 e.